The van der Waals surface area contributed by atoms with Crippen LogP contribution in [0.5, 0.6) is 0 Å². The molecule has 54 valence electrons. The van der Waals surface area contributed by atoms with E-state index in [1.165, 1.54) is 53.2 Å². The van der Waals surface area contributed by atoms with Crippen LogP contribution in [0.4, 0.5) is 0 Å². The average molecular weight is 160 g/mol. The van der Waals surface area contributed by atoms with Crippen molar-refractivity contribution in [2.45, 2.75) is 19.3 Å². The molecular formula is C5H16N2Si2. The van der Waals surface area contributed by atoms with Gasteiger partial charge in [0.15, 0.2) is 0 Å². The van der Waals surface area contributed by atoms with Gasteiger partial charge in [0, 0.05) is 13.1 Å². The van der Waals surface area contributed by atoms with E-state index in [9.17, 15) is 0 Å². The van der Waals surface area contributed by atoms with E-state index in [-0.39, 0.29) is 0 Å². The van der Waals surface area contributed by atoms with Gasteiger partial charge < -0.3 is 4.34 Å². The van der Waals surface area contributed by atoms with E-state index in [1.807, 2.05) is 0 Å². The maximum Gasteiger partial charge on any atom is 0.0875 e. The van der Waals surface area contributed by atoms with Gasteiger partial charge in [-0.3, -0.25) is 5.01 Å². The third-order valence-corrected chi connectivity index (χ3v) is 3.03. The average Bonchev–Trinajstić information content (AvgIpc) is 1.90. The fourth-order valence-electron chi connectivity index (χ4n) is 1.28. The summed E-state index contributed by atoms with van der Waals surface area (Å²) in [6.45, 7) is 2.65. The molecule has 0 aromatic carbocycles. The first-order valence-corrected chi connectivity index (χ1v) is 5.52. The Labute approximate surface area is 63.2 Å². The third-order valence-electron chi connectivity index (χ3n) is 1.90. The molecule has 0 N–H and O–H groups in total. The van der Waals surface area contributed by atoms with Crippen LogP contribution in [0.3, 0.4) is 0 Å². The minimum atomic E-state index is 1.23. The van der Waals surface area contributed by atoms with Crippen molar-refractivity contribution in [3.05, 3.63) is 0 Å². The molecule has 1 aliphatic rings. The minimum absolute atomic E-state index is 1.23. The standard InChI is InChI=1S/C5H16N2Si2/c8-7(9)6-4-2-1-3-5-6/h1-5H2,8-9H3. The highest BCUT2D eigenvalue weighted by molar-refractivity contribution is 6.24. The van der Waals surface area contributed by atoms with Crippen LogP contribution >= 0.6 is 0 Å². The normalized spacial score (nSPS) is 23.7. The Morgan fingerprint density at radius 2 is 1.56 bits per heavy atom. The molecule has 0 aromatic heterocycles. The van der Waals surface area contributed by atoms with Crippen LogP contribution in [-0.4, -0.2) is 43.2 Å². The van der Waals surface area contributed by atoms with Gasteiger partial charge in [0.1, 0.15) is 0 Å². The number of nitrogens with zero attached hydrogens (tertiary/aromatic N) is 2. The molecule has 0 unspecified atom stereocenters. The van der Waals surface area contributed by atoms with Gasteiger partial charge in [-0.1, -0.05) is 6.42 Å². The van der Waals surface area contributed by atoms with Crippen molar-refractivity contribution >= 4 is 20.8 Å². The Morgan fingerprint density at radius 3 is 1.89 bits per heavy atom. The van der Waals surface area contributed by atoms with Crippen molar-refractivity contribution in [1.82, 2.24) is 9.35 Å². The van der Waals surface area contributed by atoms with Gasteiger partial charge in [0.05, 0.1) is 20.8 Å². The minimum Gasteiger partial charge on any atom is -0.303 e. The molecule has 1 rings (SSSR count). The summed E-state index contributed by atoms with van der Waals surface area (Å²) in [5, 5.41) is 2.52. The maximum absolute atomic E-state index is 2.52. The van der Waals surface area contributed by atoms with Gasteiger partial charge in [-0.25, -0.2) is 0 Å². The quantitative estimate of drug-likeness (QED) is 0.420. The molecule has 0 saturated carbocycles. The molecule has 4 heteroatoms. The second-order valence-electron chi connectivity index (χ2n) is 2.86. The van der Waals surface area contributed by atoms with Crippen LogP contribution < -0.4 is 0 Å². The zero-order chi connectivity index (χ0) is 6.69. The van der Waals surface area contributed by atoms with Gasteiger partial charge in [0.25, 0.3) is 0 Å². The second-order valence-corrected chi connectivity index (χ2v) is 7.24. The van der Waals surface area contributed by atoms with Crippen molar-refractivity contribution in [3.63, 3.8) is 0 Å². The summed E-state index contributed by atoms with van der Waals surface area (Å²) < 4.78 is 2.47. The molecule has 0 spiro atoms. The summed E-state index contributed by atoms with van der Waals surface area (Å²) in [4.78, 5) is 0. The largest absolute Gasteiger partial charge is 0.303 e. The molecule has 1 heterocycles. The third kappa shape index (κ3) is 2.21. The van der Waals surface area contributed by atoms with Crippen LogP contribution in [0.15, 0.2) is 0 Å². The molecule has 0 amide bonds. The molecule has 0 aliphatic carbocycles. The molecule has 2 nitrogen and oxygen atoms in total. The van der Waals surface area contributed by atoms with Crippen LogP contribution in [-0.2, 0) is 0 Å². The lowest BCUT2D eigenvalue weighted by Crippen LogP contribution is -2.42. The highest BCUT2D eigenvalue weighted by Gasteiger charge is 2.09. The summed E-state index contributed by atoms with van der Waals surface area (Å²) in [7, 11) is 2.46. The first-order chi connectivity index (χ1) is 4.30. The number of rotatable bonds is 1. The van der Waals surface area contributed by atoms with Crippen LogP contribution in [0.2, 0.25) is 0 Å². The molecular weight excluding hydrogens is 144 g/mol. The van der Waals surface area contributed by atoms with Crippen LogP contribution in [0, 0.1) is 0 Å². The molecule has 9 heavy (non-hydrogen) atoms. The van der Waals surface area contributed by atoms with E-state index in [1.54, 1.807) is 0 Å². The van der Waals surface area contributed by atoms with E-state index < -0.39 is 0 Å². The van der Waals surface area contributed by atoms with Crippen molar-refractivity contribution in [1.29, 1.82) is 0 Å². The molecule has 1 saturated heterocycles. The number of hydrogen-bond donors (Lipinski definition) is 0. The molecule has 1 fully saturated rings. The Morgan fingerprint density at radius 1 is 1.00 bits per heavy atom. The lowest BCUT2D eigenvalue weighted by molar-refractivity contribution is 0.112. The smallest absolute Gasteiger partial charge is 0.0875 e. The monoisotopic (exact) mass is 160 g/mol. The first-order valence-electron chi connectivity index (χ1n) is 3.73. The summed E-state index contributed by atoms with van der Waals surface area (Å²) in [6.07, 6.45) is 4.29. The number of hydrazine groups is 1. The topological polar surface area (TPSA) is 6.48 Å². The van der Waals surface area contributed by atoms with Crippen LogP contribution in [0.25, 0.3) is 0 Å². The summed E-state index contributed by atoms with van der Waals surface area (Å²) >= 11 is 0. The Hall–Kier alpha value is 0.354. The maximum atomic E-state index is 2.52. The van der Waals surface area contributed by atoms with E-state index in [0.29, 0.717) is 0 Å². The van der Waals surface area contributed by atoms with Gasteiger partial charge >= 0.3 is 0 Å². The highest BCUT2D eigenvalue weighted by atomic mass is 28.2. The zero-order valence-corrected chi connectivity index (χ0v) is 10.4. The Bertz CT molecular complexity index is 81.0. The molecule has 1 aliphatic heterocycles. The van der Waals surface area contributed by atoms with Gasteiger partial charge in [-0.15, -0.1) is 0 Å². The summed E-state index contributed by atoms with van der Waals surface area (Å²) in [5.41, 5.74) is 0. The Balaban J connectivity index is 2.23. The highest BCUT2D eigenvalue weighted by Crippen LogP contribution is 2.07. The van der Waals surface area contributed by atoms with Crippen molar-refractivity contribution in [2.75, 3.05) is 13.1 Å². The van der Waals surface area contributed by atoms with Gasteiger partial charge in [0.2, 0.25) is 0 Å². The van der Waals surface area contributed by atoms with Crippen LogP contribution in [0.1, 0.15) is 19.3 Å². The summed E-state index contributed by atoms with van der Waals surface area (Å²) in [5.74, 6) is 0. The predicted molar refractivity (Wildman–Crippen MR) is 47.1 cm³/mol. The van der Waals surface area contributed by atoms with E-state index in [0.717, 1.165) is 0 Å². The van der Waals surface area contributed by atoms with Crippen molar-refractivity contribution in [2.24, 2.45) is 0 Å². The molecule has 0 atom stereocenters. The number of hydrogen-bond acceptors (Lipinski definition) is 2. The van der Waals surface area contributed by atoms with Crippen molar-refractivity contribution in [3.8, 4) is 0 Å². The zero-order valence-electron chi connectivity index (χ0n) is 6.43. The SMILES string of the molecule is [SiH3]N([SiH3])N1CCCCC1. The first kappa shape index (κ1) is 7.46. The Kier molecular flexibility index (Phi) is 2.91. The fourth-order valence-corrected chi connectivity index (χ4v) is 2.08. The summed E-state index contributed by atoms with van der Waals surface area (Å²) in [6, 6.07) is 0. The lowest BCUT2D eigenvalue weighted by Gasteiger charge is -2.32. The molecule has 0 aromatic rings. The predicted octanol–water partition coefficient (Wildman–Crippen LogP) is -1.75. The van der Waals surface area contributed by atoms with E-state index in [4.69, 9.17) is 0 Å². The molecule has 0 bridgehead atoms. The fraction of sp³-hybridized carbons (Fsp3) is 1.00. The van der Waals surface area contributed by atoms with Gasteiger partial charge in [-0.05, 0) is 12.8 Å². The molecule has 0 radical (unpaired) electrons. The van der Waals surface area contributed by atoms with Gasteiger partial charge in [-0.2, -0.15) is 0 Å². The van der Waals surface area contributed by atoms with E-state index >= 15 is 0 Å². The number of piperidine rings is 1. The lowest BCUT2D eigenvalue weighted by atomic mass is 10.2. The van der Waals surface area contributed by atoms with E-state index in [2.05, 4.69) is 9.35 Å². The second kappa shape index (κ2) is 3.50. The van der Waals surface area contributed by atoms with Crippen molar-refractivity contribution < 1.29 is 0 Å².